The number of aliphatic imine (C=N–C) groups is 2. The van der Waals surface area contributed by atoms with E-state index in [0.29, 0.717) is 11.8 Å². The van der Waals surface area contributed by atoms with Crippen molar-refractivity contribution in [1.82, 2.24) is 9.80 Å². The van der Waals surface area contributed by atoms with Crippen LogP contribution < -0.4 is 7.16 Å². The number of benzene rings is 6. The summed E-state index contributed by atoms with van der Waals surface area (Å²) >= 11 is 2.56. The van der Waals surface area contributed by atoms with Gasteiger partial charge in [0.1, 0.15) is 36.8 Å². The molecule has 0 N–H and O–H groups in total. The molecular weight excluding hydrogens is 1520 g/mol. The number of rotatable bonds is 12. The number of alkyl halides is 4. The molecule has 496 valence electrons. The Labute approximate surface area is 567 Å². The van der Waals surface area contributed by atoms with Crippen LogP contribution in [0.2, 0.25) is 29.6 Å². The molecule has 0 bridgehead atoms. The molecule has 20 heteroatoms. The summed E-state index contributed by atoms with van der Waals surface area (Å²) in [4.78, 5) is 51.0. The van der Waals surface area contributed by atoms with Crippen molar-refractivity contribution in [1.29, 1.82) is 0 Å². The van der Waals surface area contributed by atoms with Crippen molar-refractivity contribution in [3.63, 3.8) is 0 Å². The van der Waals surface area contributed by atoms with Crippen LogP contribution in [0.5, 0.6) is 0 Å². The van der Waals surface area contributed by atoms with Crippen molar-refractivity contribution in [2.75, 3.05) is 26.7 Å². The molecular formula is C72H90Br2F4N4O8Sn2. The molecule has 8 atom stereocenters. The molecule has 4 heterocycles. The number of carbonyl (C=O) groups is 2. The van der Waals surface area contributed by atoms with Crippen LogP contribution in [-0.4, -0.2) is 144 Å². The monoisotopic (exact) mass is 1610 g/mol. The Bertz CT molecular complexity index is 3440. The molecule has 0 radical (unpaired) electrons. The zero-order valence-electron chi connectivity index (χ0n) is 55.8. The van der Waals surface area contributed by atoms with E-state index < -0.39 is 135 Å². The Balaban J connectivity index is 0.000000175. The minimum absolute atomic E-state index is 0.334. The van der Waals surface area contributed by atoms with E-state index >= 15 is 0 Å². The second kappa shape index (κ2) is 31.3. The second-order valence-corrected chi connectivity index (χ2v) is 58.9. The summed E-state index contributed by atoms with van der Waals surface area (Å²) in [7, 11) is 0. The molecule has 12 nitrogen and oxygen atoms in total. The maximum atomic E-state index is 14.0. The van der Waals surface area contributed by atoms with Crippen LogP contribution in [0.15, 0.2) is 177 Å². The van der Waals surface area contributed by atoms with E-state index in [2.05, 4.69) is 108 Å². The first-order chi connectivity index (χ1) is 43.1. The molecule has 0 saturated carbocycles. The molecule has 2 amide bonds. The molecule has 0 unspecified atom stereocenters. The molecule has 4 aliphatic heterocycles. The fourth-order valence-electron chi connectivity index (χ4n) is 11.0. The van der Waals surface area contributed by atoms with Gasteiger partial charge in [-0.2, -0.15) is 0 Å². The van der Waals surface area contributed by atoms with Gasteiger partial charge in [-0.1, -0.05) is 74.3 Å². The predicted molar refractivity (Wildman–Crippen MR) is 372 cm³/mol. The topological polar surface area (TPSA) is 121 Å². The van der Waals surface area contributed by atoms with Gasteiger partial charge in [0.15, 0.2) is 6.10 Å². The van der Waals surface area contributed by atoms with Gasteiger partial charge in [-0.05, 0) is 82.1 Å². The van der Waals surface area contributed by atoms with Crippen molar-refractivity contribution in [3.8, 4) is 0 Å². The van der Waals surface area contributed by atoms with Crippen molar-refractivity contribution in [2.24, 2.45) is 9.98 Å². The summed E-state index contributed by atoms with van der Waals surface area (Å²) in [5.41, 5.74) is 2.26. The summed E-state index contributed by atoms with van der Waals surface area (Å²) in [5, 5.41) is 0. The summed E-state index contributed by atoms with van der Waals surface area (Å²) in [5.74, 6) is 1.05. The minimum atomic E-state index is -2.15. The van der Waals surface area contributed by atoms with Crippen LogP contribution >= 0.6 is 31.9 Å². The van der Waals surface area contributed by atoms with Gasteiger partial charge >= 0.3 is 308 Å². The van der Waals surface area contributed by atoms with Gasteiger partial charge in [0, 0.05) is 14.5 Å². The van der Waals surface area contributed by atoms with Gasteiger partial charge < -0.3 is 14.2 Å². The maximum absolute atomic E-state index is 14.0. The SMILES string of the molecule is CC(C)(C)OC(=O)N1[C@H](CF)[C@@H](c2cc[c]([Sn]([CH3])([CH3])[CH3])cc2)OC1(C)C.CC(C)(C)OC(=O)N1[C@H](CF)[C@@H](c2ccc(Br)cc2)OC1(C)C.FC[C@H]1N=C(c2ccccc2)O[C@@H]1c1ccc(Br)cc1.[CH3][Sn]([CH3])([CH3])[c]1ccc([C@H]2OC(c3ccccc3)=N[C@@H]2CF)cc1. The van der Waals surface area contributed by atoms with Gasteiger partial charge in [0.2, 0.25) is 5.90 Å². The molecule has 0 aliphatic carbocycles. The molecule has 10 rings (SSSR count). The van der Waals surface area contributed by atoms with Crippen molar-refractivity contribution < 1.29 is 55.6 Å². The third-order valence-corrected chi connectivity index (χ3v) is 28.4. The zero-order chi connectivity index (χ0) is 67.7. The predicted octanol–water partition coefficient (Wildman–Crippen LogP) is 17.8. The molecule has 4 aliphatic rings. The number of carbonyl (C=O) groups excluding carboxylic acids is 2. The first-order valence-corrected chi connectivity index (χ1v) is 52.6. The van der Waals surface area contributed by atoms with E-state index in [1.54, 1.807) is 69.2 Å². The quantitative estimate of drug-likeness (QED) is 0.0877. The van der Waals surface area contributed by atoms with E-state index in [-0.39, 0.29) is 12.2 Å². The normalized spacial score (nSPS) is 22.4. The van der Waals surface area contributed by atoms with Crippen molar-refractivity contribution in [3.05, 3.63) is 200 Å². The fraction of sp³-hybridized carbons (Fsp3) is 0.444. The first kappa shape index (κ1) is 74.4. The first-order valence-electron chi connectivity index (χ1n) is 31.0. The van der Waals surface area contributed by atoms with Crippen LogP contribution in [0.4, 0.5) is 27.2 Å². The Morgan fingerprint density at radius 3 is 1.00 bits per heavy atom. The third-order valence-electron chi connectivity index (χ3n) is 15.6. The summed E-state index contributed by atoms with van der Waals surface area (Å²) in [6.07, 6.45) is -2.84. The number of hydrogen-bond acceptors (Lipinski definition) is 10. The van der Waals surface area contributed by atoms with Crippen molar-refractivity contribution >= 4 is 99.8 Å². The van der Waals surface area contributed by atoms with Crippen LogP contribution in [0.3, 0.4) is 0 Å². The second-order valence-electron chi connectivity index (χ2n) is 28.1. The van der Waals surface area contributed by atoms with Gasteiger partial charge in [0.05, 0.1) is 6.04 Å². The van der Waals surface area contributed by atoms with Gasteiger partial charge in [-0.25, -0.2) is 18.6 Å². The average molecular weight is 1610 g/mol. The number of nitrogens with zero attached hydrogens (tertiary/aromatic N) is 4. The Hall–Kier alpha value is -5.00. The van der Waals surface area contributed by atoms with Gasteiger partial charge in [-0.15, -0.1) is 0 Å². The molecule has 92 heavy (non-hydrogen) atoms. The van der Waals surface area contributed by atoms with E-state index in [1.165, 1.54) is 17.0 Å². The summed E-state index contributed by atoms with van der Waals surface area (Å²) < 4.78 is 94.0. The van der Waals surface area contributed by atoms with Crippen LogP contribution in [0.25, 0.3) is 0 Å². The van der Waals surface area contributed by atoms with Crippen LogP contribution in [0, 0.1) is 0 Å². The Morgan fingerprint density at radius 1 is 0.457 bits per heavy atom. The molecule has 0 spiro atoms. The summed E-state index contributed by atoms with van der Waals surface area (Å²) in [6.45, 7) is 15.4. The molecule has 2 saturated heterocycles. The standard InChI is InChI=1S/C17H23BrFNO3.C17H23FNO3.C16H13BrFNO.C16H13FNO.6CH3.2Sn/c1-16(2,3)23-15(21)20-13(10-19)14(22-17(20,4)5)11-6-8-12(18)9-7-11;1-16(2,3)22-15(20)19-13(11-18)14(21-17(19,4)5)12-9-7-6-8-10-12;17-13-8-6-11(7-9-13)15-14(10-18)19-16(20-15)12-4-2-1-3-5-12;17-11-14-15(12-7-3-1-4-8-12)19-16(18-14)13-9-5-2-6-10-13;;;;;;;;/h6-9,13-14H,10H2,1-5H3;7-10,13-14H,11H2,1-5H3;1-9,14-15H,10H2;2-10,14-15H,11H2;6*1H3;;/t2*13-,14-;2*14-,15-;;;;;;;;/m1111......../s1. The fourth-order valence-corrected chi connectivity index (χ4v) is 18.2. The van der Waals surface area contributed by atoms with E-state index in [0.717, 1.165) is 42.3 Å². The van der Waals surface area contributed by atoms with Gasteiger partial charge in [0.25, 0.3) is 0 Å². The van der Waals surface area contributed by atoms with E-state index in [9.17, 15) is 27.2 Å². The molecule has 0 aromatic heterocycles. The molecule has 2 fully saturated rings. The molecule has 6 aromatic rings. The average Bonchev–Trinajstić information content (AvgIpc) is 1.62. The van der Waals surface area contributed by atoms with E-state index in [1.807, 2.05) is 121 Å². The van der Waals surface area contributed by atoms with Crippen molar-refractivity contribution in [2.45, 2.75) is 170 Å². The zero-order valence-corrected chi connectivity index (χ0v) is 64.7. The van der Waals surface area contributed by atoms with Crippen LogP contribution in [0.1, 0.15) is 127 Å². The number of ether oxygens (including phenoxy) is 6. The number of halogens is 6. The van der Waals surface area contributed by atoms with Gasteiger partial charge in [-0.3, -0.25) is 4.90 Å². The number of hydrogen-bond donors (Lipinski definition) is 0. The summed E-state index contributed by atoms with van der Waals surface area (Å²) in [6, 6.07) is 48.9. The van der Waals surface area contributed by atoms with Crippen LogP contribution in [-0.2, 0) is 28.4 Å². The number of amides is 2. The Kier molecular flexibility index (Phi) is 25.3. The Morgan fingerprint density at radius 2 is 0.739 bits per heavy atom. The third kappa shape index (κ3) is 19.6. The van der Waals surface area contributed by atoms with E-state index in [4.69, 9.17) is 28.4 Å². The molecule has 6 aromatic carbocycles.